The number of carbonyl (C=O) groups is 1. The highest BCUT2D eigenvalue weighted by molar-refractivity contribution is 6.12. The van der Waals surface area contributed by atoms with E-state index in [-0.39, 0.29) is 17.2 Å². The van der Waals surface area contributed by atoms with Gasteiger partial charge in [0.1, 0.15) is 17.3 Å². The number of amidine groups is 1. The van der Waals surface area contributed by atoms with E-state index in [1.54, 1.807) is 31.3 Å². The molecule has 186 valence electrons. The lowest BCUT2D eigenvalue weighted by Crippen LogP contribution is -2.41. The monoisotopic (exact) mass is 482 g/mol. The van der Waals surface area contributed by atoms with E-state index < -0.39 is 11.7 Å². The second-order valence-corrected chi connectivity index (χ2v) is 7.98. The Hall–Kier alpha value is -3.83. The van der Waals surface area contributed by atoms with E-state index in [0.29, 0.717) is 48.2 Å². The Balaban J connectivity index is 1.81. The van der Waals surface area contributed by atoms with Gasteiger partial charge in [0.2, 0.25) is 0 Å². The van der Waals surface area contributed by atoms with Crippen LogP contribution in [0, 0.1) is 12.7 Å². The topological polar surface area (TPSA) is 157 Å². The van der Waals surface area contributed by atoms with Gasteiger partial charge in [-0.3, -0.25) is 14.8 Å². The Bertz CT molecular complexity index is 1140. The molecule has 1 saturated carbocycles. The van der Waals surface area contributed by atoms with Crippen LogP contribution in [0.25, 0.3) is 5.57 Å². The predicted octanol–water partition coefficient (Wildman–Crippen LogP) is 2.15. The number of nitrogens with two attached hydrogens (primary N) is 3. The number of allylic oxidation sites excluding steroid dienone is 1. The number of rotatable bonds is 10. The van der Waals surface area contributed by atoms with E-state index in [2.05, 4.69) is 20.4 Å². The van der Waals surface area contributed by atoms with Gasteiger partial charge >= 0.3 is 0 Å². The number of aromatic nitrogens is 1. The fourth-order valence-electron chi connectivity index (χ4n) is 3.28. The van der Waals surface area contributed by atoms with Gasteiger partial charge in [-0.25, -0.2) is 15.2 Å². The SMILES string of the molecule is CCOCCN(N)/C(=N\N)c1cccc(NC(=O)c2cc(/C(C=NC3CC3)=C/N)c(C)cc2F)n1. The van der Waals surface area contributed by atoms with Crippen molar-refractivity contribution in [1.29, 1.82) is 0 Å². The maximum absolute atomic E-state index is 14.8. The summed E-state index contributed by atoms with van der Waals surface area (Å²) in [6.45, 7) is 4.89. The zero-order valence-corrected chi connectivity index (χ0v) is 19.9. The number of ether oxygens (including phenoxy) is 1. The van der Waals surface area contributed by atoms with E-state index in [4.69, 9.17) is 22.2 Å². The van der Waals surface area contributed by atoms with Crippen LogP contribution in [0.5, 0.6) is 0 Å². The predicted molar refractivity (Wildman–Crippen MR) is 135 cm³/mol. The zero-order chi connectivity index (χ0) is 25.4. The number of hydrazone groups is 1. The Morgan fingerprint density at radius 3 is 2.77 bits per heavy atom. The number of hydrazine groups is 1. The summed E-state index contributed by atoms with van der Waals surface area (Å²) in [5.74, 6) is 10.6. The van der Waals surface area contributed by atoms with Crippen LogP contribution in [0.1, 0.15) is 46.9 Å². The third-order valence-corrected chi connectivity index (χ3v) is 5.32. The normalized spacial score (nSPS) is 14.4. The van der Waals surface area contributed by atoms with Gasteiger partial charge in [0.25, 0.3) is 5.91 Å². The average Bonchev–Trinajstić information content (AvgIpc) is 3.66. The highest BCUT2D eigenvalue weighted by atomic mass is 19.1. The summed E-state index contributed by atoms with van der Waals surface area (Å²) in [6.07, 6.45) is 5.15. The first-order valence-corrected chi connectivity index (χ1v) is 11.3. The number of hydrogen-bond acceptors (Lipinski definition) is 8. The molecule has 10 nitrogen and oxygen atoms in total. The van der Waals surface area contributed by atoms with E-state index in [1.165, 1.54) is 23.3 Å². The summed E-state index contributed by atoms with van der Waals surface area (Å²) in [5.41, 5.74) is 7.84. The minimum absolute atomic E-state index is 0.151. The summed E-state index contributed by atoms with van der Waals surface area (Å²) >= 11 is 0. The standard InChI is InChI=1S/C24H31FN8O2/c1-3-35-10-9-33(28)23(32-27)21-5-4-6-22(30-21)31-24(34)19-12-18(15(2)11-20(19)25)16(13-26)14-29-17-7-8-17/h4-6,11-14,17H,3,7-10,26-28H2,1-2H3,(H,30,31,34)/b16-13+,29-14?,32-23-. The van der Waals surface area contributed by atoms with Crippen LogP contribution in [0.4, 0.5) is 10.2 Å². The van der Waals surface area contributed by atoms with Crippen molar-refractivity contribution in [3.8, 4) is 0 Å². The number of aryl methyl sites for hydroxylation is 1. The van der Waals surface area contributed by atoms with Crippen LogP contribution in [0.2, 0.25) is 0 Å². The Morgan fingerprint density at radius 1 is 1.34 bits per heavy atom. The summed E-state index contributed by atoms with van der Waals surface area (Å²) in [7, 11) is 0. The first-order valence-electron chi connectivity index (χ1n) is 11.3. The lowest BCUT2D eigenvalue weighted by molar-refractivity contribution is 0.102. The number of carbonyl (C=O) groups excluding carboxylic acids is 1. The number of halogens is 1. The molecular weight excluding hydrogens is 451 g/mol. The molecule has 0 unspecified atom stereocenters. The molecule has 1 aromatic heterocycles. The average molecular weight is 483 g/mol. The molecule has 1 aromatic carbocycles. The van der Waals surface area contributed by atoms with Crippen molar-refractivity contribution < 1.29 is 13.9 Å². The van der Waals surface area contributed by atoms with Crippen molar-refractivity contribution in [2.24, 2.45) is 27.5 Å². The highest BCUT2D eigenvalue weighted by Gasteiger charge is 2.21. The molecule has 0 radical (unpaired) electrons. The van der Waals surface area contributed by atoms with Crippen molar-refractivity contribution in [3.05, 3.63) is 64.7 Å². The Kier molecular flexibility index (Phi) is 8.87. The molecule has 0 atom stereocenters. The molecule has 3 rings (SSSR count). The molecule has 7 N–H and O–H groups in total. The van der Waals surface area contributed by atoms with Gasteiger partial charge in [0.15, 0.2) is 5.84 Å². The maximum Gasteiger partial charge on any atom is 0.259 e. The second kappa shape index (κ2) is 12.0. The van der Waals surface area contributed by atoms with Crippen LogP contribution < -0.4 is 22.7 Å². The summed E-state index contributed by atoms with van der Waals surface area (Å²) < 4.78 is 20.0. The molecule has 1 aliphatic carbocycles. The summed E-state index contributed by atoms with van der Waals surface area (Å²) in [4.78, 5) is 21.8. The van der Waals surface area contributed by atoms with Gasteiger partial charge in [0, 0.05) is 24.6 Å². The molecular formula is C24H31FN8O2. The molecule has 0 saturated heterocycles. The third-order valence-electron chi connectivity index (χ3n) is 5.32. The molecule has 35 heavy (non-hydrogen) atoms. The lowest BCUT2D eigenvalue weighted by atomic mass is 9.98. The number of amides is 1. The molecule has 2 aromatic rings. The molecule has 1 heterocycles. The molecule has 1 amide bonds. The van der Waals surface area contributed by atoms with Crippen LogP contribution in [0.15, 0.2) is 46.6 Å². The van der Waals surface area contributed by atoms with Crippen LogP contribution in [0.3, 0.4) is 0 Å². The van der Waals surface area contributed by atoms with E-state index in [0.717, 1.165) is 12.8 Å². The maximum atomic E-state index is 14.8. The van der Waals surface area contributed by atoms with Gasteiger partial charge in [-0.15, -0.1) is 0 Å². The first-order chi connectivity index (χ1) is 16.9. The third kappa shape index (κ3) is 6.84. The zero-order valence-electron chi connectivity index (χ0n) is 19.9. The molecule has 1 aliphatic rings. The summed E-state index contributed by atoms with van der Waals surface area (Å²) in [6, 6.07) is 7.93. The van der Waals surface area contributed by atoms with Gasteiger partial charge in [0.05, 0.1) is 24.8 Å². The van der Waals surface area contributed by atoms with E-state index >= 15 is 0 Å². The van der Waals surface area contributed by atoms with Crippen molar-refractivity contribution in [3.63, 3.8) is 0 Å². The molecule has 1 fully saturated rings. The molecule has 11 heteroatoms. The largest absolute Gasteiger partial charge is 0.404 e. The van der Waals surface area contributed by atoms with Crippen LogP contribution >= 0.6 is 0 Å². The number of hydrogen-bond donors (Lipinski definition) is 4. The minimum Gasteiger partial charge on any atom is -0.404 e. The number of pyridine rings is 1. The van der Waals surface area contributed by atoms with Crippen molar-refractivity contribution >= 4 is 29.3 Å². The quantitative estimate of drug-likeness (QED) is 0.133. The fourth-order valence-corrected chi connectivity index (χ4v) is 3.28. The molecule has 0 aliphatic heterocycles. The highest BCUT2D eigenvalue weighted by Crippen LogP contribution is 2.26. The number of benzene rings is 1. The number of anilines is 1. The second-order valence-electron chi connectivity index (χ2n) is 7.98. The fraction of sp³-hybridized carbons (Fsp3) is 0.333. The molecule has 0 spiro atoms. The number of nitrogens with zero attached hydrogens (tertiary/aromatic N) is 4. The van der Waals surface area contributed by atoms with Crippen molar-refractivity contribution in [1.82, 2.24) is 9.99 Å². The lowest BCUT2D eigenvalue weighted by Gasteiger charge is -2.19. The van der Waals surface area contributed by atoms with E-state index in [1.807, 2.05) is 6.92 Å². The Labute approximate surface area is 203 Å². The van der Waals surface area contributed by atoms with Crippen molar-refractivity contribution in [2.45, 2.75) is 32.7 Å². The van der Waals surface area contributed by atoms with Crippen LogP contribution in [-0.4, -0.2) is 53.8 Å². The van der Waals surface area contributed by atoms with Gasteiger partial charge < -0.3 is 21.6 Å². The first kappa shape index (κ1) is 25.8. The minimum atomic E-state index is -0.670. The van der Waals surface area contributed by atoms with Crippen molar-refractivity contribution in [2.75, 3.05) is 25.1 Å². The Morgan fingerprint density at radius 2 is 2.11 bits per heavy atom. The molecule has 0 bridgehead atoms. The van der Waals surface area contributed by atoms with Gasteiger partial charge in [-0.1, -0.05) is 6.07 Å². The van der Waals surface area contributed by atoms with Gasteiger partial charge in [-0.2, -0.15) is 5.10 Å². The smallest absolute Gasteiger partial charge is 0.259 e. The summed E-state index contributed by atoms with van der Waals surface area (Å²) in [5, 5.41) is 7.63. The number of aliphatic imine (C=N–C) groups is 1. The van der Waals surface area contributed by atoms with Gasteiger partial charge in [-0.05, 0) is 62.1 Å². The van der Waals surface area contributed by atoms with E-state index in [9.17, 15) is 9.18 Å². The van der Waals surface area contributed by atoms with Crippen LogP contribution in [-0.2, 0) is 4.74 Å². The number of nitrogens with one attached hydrogen (secondary N) is 1.